The predicted molar refractivity (Wildman–Crippen MR) is 16.6 cm³/mol. The van der Waals surface area contributed by atoms with Crippen molar-refractivity contribution in [2.24, 2.45) is 0 Å². The van der Waals surface area contributed by atoms with Gasteiger partial charge in [-0.25, -0.2) is 0 Å². The van der Waals surface area contributed by atoms with Crippen LogP contribution in [0.5, 0.6) is 0 Å². The molecule has 0 aliphatic carbocycles. The molecule has 0 unspecified atom stereocenters. The van der Waals surface area contributed by atoms with Gasteiger partial charge in [-0.15, -0.1) is 0 Å². The topological polar surface area (TPSA) is 0 Å². The Labute approximate surface area is 84.9 Å². The van der Waals surface area contributed by atoms with Crippen LogP contribution in [0.25, 0.3) is 0 Å². The maximum Gasteiger partial charge on any atom is 2.00 e. The third-order valence-electron chi connectivity index (χ3n) is 0. The Morgan fingerprint density at radius 1 is 0.800 bits per heavy atom. The van der Waals surface area contributed by atoms with E-state index < -0.39 is 0 Å². The fourth-order valence-electron chi connectivity index (χ4n) is 0. The van der Waals surface area contributed by atoms with Crippen LogP contribution in [0.4, 0.5) is 14.1 Å². The van der Waals surface area contributed by atoms with Crippen LogP contribution >= 0.6 is 0 Å². The van der Waals surface area contributed by atoms with E-state index in [-0.39, 0.29) is 86.1 Å². The molecule has 0 spiro atoms. The second-order valence-electron chi connectivity index (χ2n) is 0. The van der Waals surface area contributed by atoms with Crippen LogP contribution in [-0.2, 0) is 0 Å². The molecule has 5 heavy (non-hydrogen) atoms. The van der Waals surface area contributed by atoms with Crippen molar-refractivity contribution in [3.8, 4) is 0 Å². The summed E-state index contributed by atoms with van der Waals surface area (Å²) in [7, 11) is 0. The zero-order valence-electron chi connectivity index (χ0n) is 5.93. The minimum atomic E-state index is 0. The summed E-state index contributed by atoms with van der Waals surface area (Å²) in [6, 6.07) is 0. The van der Waals surface area contributed by atoms with Crippen molar-refractivity contribution in [2.45, 2.75) is 0 Å². The Morgan fingerprint density at radius 2 is 0.800 bits per heavy atom. The molecule has 5 heteroatoms. The van der Waals surface area contributed by atoms with Gasteiger partial charge in [0.1, 0.15) is 0 Å². The van der Waals surface area contributed by atoms with Crippen molar-refractivity contribution in [2.75, 3.05) is 0 Å². The molecule has 0 heterocycles. The maximum atomic E-state index is 0. The molecule has 0 saturated heterocycles. The standard InChI is InChI=1S/Ba.3FH.Li.3H/h;3*1H;;;;/q+2;;;;+1;3*-1. The van der Waals surface area contributed by atoms with Crippen LogP contribution in [0.1, 0.15) is 4.28 Å². The molecule has 0 amide bonds. The van der Waals surface area contributed by atoms with Crippen LogP contribution in [-0.4, -0.2) is 48.9 Å². The van der Waals surface area contributed by atoms with Gasteiger partial charge >= 0.3 is 67.7 Å². The Kier molecular flexibility index (Phi) is 492. The average Bonchev–Trinajstić information content (AvgIpc) is 0. The molecule has 0 atom stereocenters. The van der Waals surface area contributed by atoms with Gasteiger partial charge in [0.15, 0.2) is 0 Å². The van der Waals surface area contributed by atoms with Crippen LogP contribution in [0.2, 0.25) is 0 Å². The molecule has 0 nitrogen and oxygen atoms in total. The molecule has 0 aliphatic heterocycles. The first-order chi connectivity index (χ1) is 0. The second kappa shape index (κ2) is 38.2. The minimum Gasteiger partial charge on any atom is -1.00 e. The summed E-state index contributed by atoms with van der Waals surface area (Å²) >= 11 is 0. The quantitative estimate of drug-likeness (QED) is 0.383. The van der Waals surface area contributed by atoms with E-state index in [9.17, 15) is 0 Å². The van der Waals surface area contributed by atoms with E-state index >= 15 is 0 Å². The average molecular weight is 207 g/mol. The van der Waals surface area contributed by atoms with Crippen LogP contribution in [0.3, 0.4) is 0 Å². The molecule has 0 saturated carbocycles. The summed E-state index contributed by atoms with van der Waals surface area (Å²) in [5.74, 6) is 0. The molecule has 30 valence electrons. The molecular weight excluding hydrogens is 201 g/mol. The van der Waals surface area contributed by atoms with E-state index in [0.29, 0.717) is 0 Å². The summed E-state index contributed by atoms with van der Waals surface area (Å²) in [5.41, 5.74) is 0. The summed E-state index contributed by atoms with van der Waals surface area (Å²) in [6.07, 6.45) is 0. The number of halogens is 3. The van der Waals surface area contributed by atoms with Crippen LogP contribution in [0, 0.1) is 0 Å². The fourth-order valence-corrected chi connectivity index (χ4v) is 0. The Hall–Kier alpha value is 1.96. The van der Waals surface area contributed by atoms with Gasteiger partial charge in [0.05, 0.1) is 0 Å². The van der Waals surface area contributed by atoms with Gasteiger partial charge in [0, 0.05) is 0 Å². The van der Waals surface area contributed by atoms with Gasteiger partial charge in [0.25, 0.3) is 0 Å². The number of hydrogen-bond acceptors (Lipinski definition) is 0. The molecule has 0 aromatic rings. The number of rotatable bonds is 0. The summed E-state index contributed by atoms with van der Waals surface area (Å²) in [4.78, 5) is 0. The Bertz CT molecular complexity index is 14.5. The first kappa shape index (κ1) is 64.4. The molecular formula is H6BaF3Li. The van der Waals surface area contributed by atoms with Crippen molar-refractivity contribution in [3.63, 3.8) is 0 Å². The Morgan fingerprint density at radius 3 is 0.800 bits per heavy atom. The van der Waals surface area contributed by atoms with Crippen LogP contribution < -0.4 is 18.9 Å². The third-order valence-corrected chi connectivity index (χ3v) is 0. The molecule has 0 radical (unpaired) electrons. The summed E-state index contributed by atoms with van der Waals surface area (Å²) in [6.45, 7) is 0. The fraction of sp³-hybridized carbons (Fsp3) is 0. The van der Waals surface area contributed by atoms with Gasteiger partial charge in [-0.2, -0.15) is 0 Å². The Balaban J connectivity index is 0. The first-order valence-corrected chi connectivity index (χ1v) is 0. The molecule has 0 aromatic carbocycles. The van der Waals surface area contributed by atoms with Crippen LogP contribution in [0.15, 0.2) is 0 Å². The smallest absolute Gasteiger partial charge is 1.00 e. The zero-order chi connectivity index (χ0) is 0. The van der Waals surface area contributed by atoms with E-state index in [4.69, 9.17) is 0 Å². The predicted octanol–water partition coefficient (Wildman–Crippen LogP) is -2.58. The van der Waals surface area contributed by atoms with E-state index in [1.165, 1.54) is 0 Å². The second-order valence-corrected chi connectivity index (χ2v) is 0. The van der Waals surface area contributed by atoms with Gasteiger partial charge in [-0.3, -0.25) is 14.1 Å². The van der Waals surface area contributed by atoms with Crippen molar-refractivity contribution >= 4 is 48.9 Å². The molecule has 0 bridgehead atoms. The van der Waals surface area contributed by atoms with Crippen molar-refractivity contribution in [1.82, 2.24) is 0 Å². The van der Waals surface area contributed by atoms with Gasteiger partial charge in [0.2, 0.25) is 0 Å². The first-order valence-electron chi connectivity index (χ1n) is 0. The summed E-state index contributed by atoms with van der Waals surface area (Å²) in [5, 5.41) is 0. The molecule has 0 rings (SSSR count). The van der Waals surface area contributed by atoms with E-state index in [1.807, 2.05) is 0 Å². The van der Waals surface area contributed by atoms with E-state index in [0.717, 1.165) is 0 Å². The van der Waals surface area contributed by atoms with E-state index in [2.05, 4.69) is 0 Å². The largest absolute Gasteiger partial charge is 2.00 e. The molecule has 0 aliphatic rings. The van der Waals surface area contributed by atoms with Gasteiger partial charge < -0.3 is 4.28 Å². The summed E-state index contributed by atoms with van der Waals surface area (Å²) < 4.78 is 0. The van der Waals surface area contributed by atoms with Gasteiger partial charge in [-0.1, -0.05) is 0 Å². The van der Waals surface area contributed by atoms with Gasteiger partial charge in [-0.05, 0) is 0 Å². The molecule has 0 N–H and O–H groups in total. The molecule has 0 fully saturated rings. The SMILES string of the molecule is F.F.F.[Ba+2].[H-].[H-].[H-].[Li+]. The van der Waals surface area contributed by atoms with Crippen molar-refractivity contribution in [1.29, 1.82) is 0 Å². The monoisotopic (exact) mass is 208 g/mol. The minimum absolute atomic E-state index is 0. The van der Waals surface area contributed by atoms with Crippen molar-refractivity contribution in [3.05, 3.63) is 0 Å². The normalized spacial score (nSPS) is 0. The third kappa shape index (κ3) is 24.3. The zero-order valence-corrected chi connectivity index (χ0v) is 7.37. The van der Waals surface area contributed by atoms with Crippen molar-refractivity contribution < 1.29 is 37.3 Å². The maximum absolute atomic E-state index is 0. The molecule has 0 aromatic heterocycles. The van der Waals surface area contributed by atoms with E-state index in [1.54, 1.807) is 0 Å². The number of hydrogen-bond donors (Lipinski definition) is 0.